The number of carbonyl (C=O) groups excluding carboxylic acids is 1. The summed E-state index contributed by atoms with van der Waals surface area (Å²) in [7, 11) is 0. The third-order valence-corrected chi connectivity index (χ3v) is 3.06. The molecule has 0 aliphatic rings. The van der Waals surface area contributed by atoms with Gasteiger partial charge in [0.1, 0.15) is 5.75 Å². The number of amides is 1. The average molecular weight is 375 g/mol. The molecule has 0 unspecified atom stereocenters. The Morgan fingerprint density at radius 2 is 1.74 bits per heavy atom. The van der Waals surface area contributed by atoms with E-state index in [4.69, 9.17) is 15.3 Å². The van der Waals surface area contributed by atoms with Gasteiger partial charge in [-0.15, -0.1) is 0 Å². The molecule has 140 valence electrons. The number of hydrogen-bond donors (Lipinski definition) is 1. The van der Waals surface area contributed by atoms with Gasteiger partial charge in [-0.3, -0.25) is 4.79 Å². The van der Waals surface area contributed by atoms with Crippen LogP contribution in [0.5, 0.6) is 5.75 Å². The Bertz CT molecular complexity index is 864. The molecule has 1 N–H and O–H groups in total. The Morgan fingerprint density at radius 1 is 1.11 bits per heavy atom. The fourth-order valence-electron chi connectivity index (χ4n) is 1.95. The summed E-state index contributed by atoms with van der Waals surface area (Å²) in [6, 6.07) is 13.6. The summed E-state index contributed by atoms with van der Waals surface area (Å²) in [5, 5.41) is 19.2. The fraction of sp³-hybridized carbons (Fsp3) is 0.211. The third kappa shape index (κ3) is 7.09. The van der Waals surface area contributed by atoms with Crippen molar-refractivity contribution in [2.45, 2.75) is 20.0 Å². The zero-order valence-electron chi connectivity index (χ0n) is 14.6. The maximum Gasteiger partial charge on any atom is 0.417 e. The summed E-state index contributed by atoms with van der Waals surface area (Å²) < 4.78 is 42.7. The molecular weight excluding hydrogens is 359 g/mol. The zero-order valence-corrected chi connectivity index (χ0v) is 14.6. The van der Waals surface area contributed by atoms with Crippen molar-refractivity contribution in [1.82, 2.24) is 0 Å². The van der Waals surface area contributed by atoms with Crippen LogP contribution in [-0.2, 0) is 11.0 Å². The summed E-state index contributed by atoms with van der Waals surface area (Å²) in [5.41, 5.74) is -0.852. The number of benzene rings is 2. The summed E-state index contributed by atoms with van der Waals surface area (Å²) in [5.74, 6) is 0.337. The topological polar surface area (TPSA) is 85.9 Å². The van der Waals surface area contributed by atoms with Crippen molar-refractivity contribution >= 4 is 11.6 Å². The minimum absolute atomic E-state index is 0.0128. The van der Waals surface area contributed by atoms with Crippen molar-refractivity contribution in [3.05, 3.63) is 59.2 Å². The van der Waals surface area contributed by atoms with E-state index < -0.39 is 23.2 Å². The van der Waals surface area contributed by atoms with E-state index in [1.165, 1.54) is 19.1 Å². The first kappa shape index (κ1) is 21.5. The van der Waals surface area contributed by atoms with Crippen molar-refractivity contribution in [3.8, 4) is 17.9 Å². The van der Waals surface area contributed by atoms with Gasteiger partial charge in [-0.05, 0) is 49.4 Å². The monoisotopic (exact) mass is 375 g/mol. The number of nitrogens with one attached hydrogen (secondary N) is 1. The quantitative estimate of drug-likeness (QED) is 0.856. The van der Waals surface area contributed by atoms with E-state index in [1.54, 1.807) is 24.3 Å². The van der Waals surface area contributed by atoms with Gasteiger partial charge in [-0.1, -0.05) is 0 Å². The molecule has 2 aromatic carbocycles. The Morgan fingerprint density at radius 3 is 2.19 bits per heavy atom. The van der Waals surface area contributed by atoms with Crippen molar-refractivity contribution in [3.63, 3.8) is 0 Å². The molecule has 2 aromatic rings. The SMILES string of the molecule is CC(=O)Nc1ccc(C#N)c(C(F)(F)F)c1.CCOc1ccc(C#N)cc1. The average Bonchev–Trinajstić information content (AvgIpc) is 2.62. The van der Waals surface area contributed by atoms with E-state index in [-0.39, 0.29) is 5.69 Å². The number of carbonyl (C=O) groups is 1. The maximum absolute atomic E-state index is 12.5. The minimum atomic E-state index is -4.61. The summed E-state index contributed by atoms with van der Waals surface area (Å²) in [6.07, 6.45) is -4.61. The van der Waals surface area contributed by atoms with Gasteiger partial charge in [0.15, 0.2) is 0 Å². The van der Waals surface area contributed by atoms with Crippen molar-refractivity contribution < 1.29 is 22.7 Å². The highest BCUT2D eigenvalue weighted by Crippen LogP contribution is 2.33. The molecule has 0 heterocycles. The molecule has 2 rings (SSSR count). The highest BCUT2D eigenvalue weighted by Gasteiger charge is 2.33. The highest BCUT2D eigenvalue weighted by molar-refractivity contribution is 5.88. The first-order chi connectivity index (χ1) is 12.7. The van der Waals surface area contributed by atoms with Gasteiger partial charge in [0.25, 0.3) is 0 Å². The number of nitriles is 2. The van der Waals surface area contributed by atoms with Crippen molar-refractivity contribution in [1.29, 1.82) is 10.5 Å². The molecular formula is C19H16F3N3O2. The van der Waals surface area contributed by atoms with Gasteiger partial charge >= 0.3 is 6.18 Å². The Hall–Kier alpha value is -3.52. The Labute approximate surface area is 154 Å². The van der Waals surface area contributed by atoms with Crippen LogP contribution in [0.25, 0.3) is 0 Å². The second-order valence-corrected chi connectivity index (χ2v) is 5.12. The molecule has 0 aliphatic carbocycles. The predicted molar refractivity (Wildman–Crippen MR) is 92.8 cm³/mol. The number of nitrogens with zero attached hydrogens (tertiary/aromatic N) is 2. The molecule has 27 heavy (non-hydrogen) atoms. The van der Waals surface area contributed by atoms with Gasteiger partial charge in [0.05, 0.1) is 35.4 Å². The molecule has 0 atom stereocenters. The van der Waals surface area contributed by atoms with E-state index in [9.17, 15) is 18.0 Å². The van der Waals surface area contributed by atoms with Crippen LogP contribution >= 0.6 is 0 Å². The largest absolute Gasteiger partial charge is 0.494 e. The van der Waals surface area contributed by atoms with E-state index in [2.05, 4.69) is 5.32 Å². The minimum Gasteiger partial charge on any atom is -0.494 e. The van der Waals surface area contributed by atoms with E-state index >= 15 is 0 Å². The van der Waals surface area contributed by atoms with Crippen molar-refractivity contribution in [2.24, 2.45) is 0 Å². The van der Waals surface area contributed by atoms with E-state index in [0.717, 1.165) is 17.9 Å². The second-order valence-electron chi connectivity index (χ2n) is 5.12. The summed E-state index contributed by atoms with van der Waals surface area (Å²) >= 11 is 0. The predicted octanol–water partition coefficient (Wildman–Crippen LogP) is 4.49. The molecule has 8 heteroatoms. The van der Waals surface area contributed by atoms with Crippen LogP contribution in [-0.4, -0.2) is 12.5 Å². The number of anilines is 1. The maximum atomic E-state index is 12.5. The fourth-order valence-corrected chi connectivity index (χ4v) is 1.95. The first-order valence-corrected chi connectivity index (χ1v) is 7.73. The summed E-state index contributed by atoms with van der Waals surface area (Å²) in [4.78, 5) is 10.7. The molecule has 0 saturated heterocycles. The lowest BCUT2D eigenvalue weighted by Crippen LogP contribution is -2.11. The van der Waals surface area contributed by atoms with Crippen LogP contribution in [0, 0.1) is 22.7 Å². The summed E-state index contributed by atoms with van der Waals surface area (Å²) in [6.45, 7) is 3.77. The molecule has 5 nitrogen and oxygen atoms in total. The number of halogens is 3. The molecule has 0 aromatic heterocycles. The standard InChI is InChI=1S/C10H7F3N2O.C9H9NO/c1-6(16)15-8-3-2-7(5-14)9(4-8)10(11,12)13;1-2-11-9-5-3-8(7-10)4-6-9/h2-4H,1H3,(H,15,16);3-6H,2H2,1H3. The lowest BCUT2D eigenvalue weighted by atomic mass is 10.1. The highest BCUT2D eigenvalue weighted by atomic mass is 19.4. The Kier molecular flexibility index (Phi) is 7.84. The van der Waals surface area contributed by atoms with Gasteiger partial charge in [-0.2, -0.15) is 23.7 Å². The number of alkyl halides is 3. The lowest BCUT2D eigenvalue weighted by molar-refractivity contribution is -0.137. The molecule has 0 radical (unpaired) electrons. The van der Waals surface area contributed by atoms with Crippen LogP contribution in [0.3, 0.4) is 0 Å². The first-order valence-electron chi connectivity index (χ1n) is 7.73. The van der Waals surface area contributed by atoms with Crippen LogP contribution in [0.4, 0.5) is 18.9 Å². The third-order valence-electron chi connectivity index (χ3n) is 3.06. The second kappa shape index (κ2) is 9.83. The van der Waals surface area contributed by atoms with Crippen LogP contribution in [0.1, 0.15) is 30.5 Å². The number of ether oxygens (including phenoxy) is 1. The molecule has 0 bridgehead atoms. The van der Waals surface area contributed by atoms with Crippen molar-refractivity contribution in [2.75, 3.05) is 11.9 Å². The van der Waals surface area contributed by atoms with Gasteiger partial charge in [0, 0.05) is 12.6 Å². The van der Waals surface area contributed by atoms with Gasteiger partial charge in [0.2, 0.25) is 5.91 Å². The normalized spacial score (nSPS) is 9.89. The van der Waals surface area contributed by atoms with Crippen LogP contribution in [0.2, 0.25) is 0 Å². The van der Waals surface area contributed by atoms with Gasteiger partial charge in [-0.25, -0.2) is 0 Å². The van der Waals surface area contributed by atoms with E-state index in [0.29, 0.717) is 12.2 Å². The molecule has 0 saturated carbocycles. The van der Waals surface area contributed by atoms with Gasteiger partial charge < -0.3 is 10.1 Å². The molecule has 0 spiro atoms. The lowest BCUT2D eigenvalue weighted by Gasteiger charge is -2.10. The number of hydrogen-bond acceptors (Lipinski definition) is 4. The van der Waals surface area contributed by atoms with E-state index in [1.807, 2.05) is 13.0 Å². The Balaban J connectivity index is 0.000000289. The molecule has 1 amide bonds. The van der Waals surface area contributed by atoms with Crippen LogP contribution in [0.15, 0.2) is 42.5 Å². The van der Waals surface area contributed by atoms with Crippen LogP contribution < -0.4 is 10.1 Å². The number of rotatable bonds is 3. The molecule has 0 aliphatic heterocycles. The molecule has 0 fully saturated rings. The zero-order chi connectivity index (χ0) is 20.4. The smallest absolute Gasteiger partial charge is 0.417 e.